The van der Waals surface area contributed by atoms with Crippen LogP contribution in [-0.2, 0) is 44.1 Å². The molecule has 3 aromatic rings. The standard InChI is InChI=1S/C26H23N5O14S3.Na/c1-44-21-11-10-19(46(36,37)13-12-45-48(41,42)43)14-20(21)27-24(32)15-2-4-16(5-3-15)28-29-22-23(26(34)35)30-31(25(22)33)17-6-8-18(9-7-17)47(38,39)40;/h2-11,14,22H,12-13H2,1H3,(H,27,32)(H,34,35)(H,38,39,40)(H,41,42,43);/q;+1/p-1. The number of ether oxygens (including phenoxy) is 1. The van der Waals surface area contributed by atoms with Gasteiger partial charge in [-0.3, -0.25) is 18.7 Å². The predicted octanol–water partition coefficient (Wildman–Crippen LogP) is -2.60. The summed E-state index contributed by atoms with van der Waals surface area (Å²) in [6, 6.07) is 11.1. The number of methoxy groups -OCH3 is 1. The average Bonchev–Trinajstić information content (AvgIpc) is 3.35. The van der Waals surface area contributed by atoms with Gasteiger partial charge in [0.1, 0.15) is 11.5 Å². The van der Waals surface area contributed by atoms with E-state index in [4.69, 9.17) is 13.8 Å². The van der Waals surface area contributed by atoms with Gasteiger partial charge in [0, 0.05) is 5.56 Å². The van der Waals surface area contributed by atoms with Gasteiger partial charge in [0.15, 0.2) is 15.9 Å². The maximum Gasteiger partial charge on any atom is 1.00 e. The van der Waals surface area contributed by atoms with E-state index >= 15 is 0 Å². The van der Waals surface area contributed by atoms with Crippen LogP contribution in [0.25, 0.3) is 0 Å². The second-order valence-corrected chi connectivity index (χ2v) is 14.1. The number of carboxylic acids is 1. The fraction of sp³-hybridized carbons (Fsp3) is 0.154. The zero-order chi connectivity index (χ0) is 35.4. The third kappa shape index (κ3) is 9.96. The van der Waals surface area contributed by atoms with Crippen LogP contribution in [0.1, 0.15) is 10.4 Å². The molecule has 1 atom stereocenters. The number of azo groups is 1. The zero-order valence-corrected chi connectivity index (χ0v) is 29.6. The summed E-state index contributed by atoms with van der Waals surface area (Å²) < 4.78 is 96.2. The molecular formula is C26H22N5NaO14S3. The van der Waals surface area contributed by atoms with Crippen LogP contribution < -0.4 is 49.7 Å². The number of nitrogens with one attached hydrogen (secondary N) is 1. The van der Waals surface area contributed by atoms with Crippen molar-refractivity contribution in [1.29, 1.82) is 0 Å². The molecule has 3 aromatic carbocycles. The van der Waals surface area contributed by atoms with E-state index in [-0.39, 0.29) is 62.8 Å². The number of carboxylic acid groups (broad SMARTS) is 1. The average molecular weight is 748 g/mol. The molecule has 1 aliphatic heterocycles. The summed E-state index contributed by atoms with van der Waals surface area (Å²) >= 11 is 0. The molecule has 0 spiro atoms. The van der Waals surface area contributed by atoms with E-state index < -0.39 is 77.1 Å². The van der Waals surface area contributed by atoms with Gasteiger partial charge in [0.25, 0.3) is 21.9 Å². The van der Waals surface area contributed by atoms with Gasteiger partial charge < -0.3 is 20.0 Å². The minimum absolute atomic E-state index is 0. The third-order valence-electron chi connectivity index (χ3n) is 6.28. The van der Waals surface area contributed by atoms with Crippen molar-refractivity contribution >= 4 is 70.9 Å². The van der Waals surface area contributed by atoms with Crippen LogP contribution in [0.5, 0.6) is 5.75 Å². The zero-order valence-electron chi connectivity index (χ0n) is 25.1. The smallest absolute Gasteiger partial charge is 0.543 e. The number of nitrogens with zero attached hydrogens (tertiary/aromatic N) is 4. The quantitative estimate of drug-likeness (QED) is 0.0918. The normalized spacial score (nSPS) is 15.1. The topological polar surface area (TPSA) is 288 Å². The van der Waals surface area contributed by atoms with Gasteiger partial charge in [-0.15, -0.1) is 0 Å². The minimum atomic E-state index is -4.86. The van der Waals surface area contributed by atoms with Crippen molar-refractivity contribution in [3.63, 3.8) is 0 Å². The summed E-state index contributed by atoms with van der Waals surface area (Å²) in [5.41, 5.74) is -0.771. The van der Waals surface area contributed by atoms with E-state index in [1.54, 1.807) is 0 Å². The van der Waals surface area contributed by atoms with Gasteiger partial charge in [-0.1, -0.05) is 0 Å². The van der Waals surface area contributed by atoms with Crippen molar-refractivity contribution in [1.82, 2.24) is 0 Å². The number of hydrogen-bond donors (Lipinski definition) is 3. The largest absolute Gasteiger partial charge is 1.00 e. The van der Waals surface area contributed by atoms with Crippen LogP contribution in [0.2, 0.25) is 0 Å². The van der Waals surface area contributed by atoms with E-state index in [9.17, 15) is 44.7 Å². The number of hydrazone groups is 1. The molecule has 1 aliphatic rings. The van der Waals surface area contributed by atoms with E-state index in [0.29, 0.717) is 5.01 Å². The Bertz CT molecular complexity index is 2160. The van der Waals surface area contributed by atoms with Gasteiger partial charge in [-0.2, -0.15) is 37.2 Å². The second-order valence-electron chi connectivity index (χ2n) is 9.44. The van der Waals surface area contributed by atoms with Crippen molar-refractivity contribution in [2.24, 2.45) is 15.3 Å². The molecule has 1 unspecified atom stereocenters. The Kier molecular flexibility index (Phi) is 12.5. The van der Waals surface area contributed by atoms with Crippen LogP contribution in [0.4, 0.5) is 17.1 Å². The van der Waals surface area contributed by atoms with Crippen molar-refractivity contribution in [2.45, 2.75) is 15.8 Å². The molecule has 0 saturated carbocycles. The van der Waals surface area contributed by atoms with Crippen molar-refractivity contribution in [3.05, 3.63) is 72.3 Å². The Morgan fingerprint density at radius 1 is 0.959 bits per heavy atom. The Morgan fingerprint density at radius 3 is 2.12 bits per heavy atom. The summed E-state index contributed by atoms with van der Waals surface area (Å²) in [6.07, 6.45) is 0. The van der Waals surface area contributed by atoms with Crippen LogP contribution in [0, 0.1) is 0 Å². The molecule has 0 fully saturated rings. The van der Waals surface area contributed by atoms with Gasteiger partial charge in [-0.25, -0.2) is 12.6 Å². The number of amides is 2. The molecule has 0 saturated heterocycles. The molecule has 19 nitrogen and oxygen atoms in total. The maximum atomic E-state index is 12.9. The number of carbonyl (C=O) groups is 3. The number of rotatable bonds is 13. The van der Waals surface area contributed by atoms with Crippen LogP contribution in [-0.4, -0.2) is 83.4 Å². The summed E-state index contributed by atoms with van der Waals surface area (Å²) in [6.45, 7) is -0.861. The molecule has 49 heavy (non-hydrogen) atoms. The summed E-state index contributed by atoms with van der Waals surface area (Å²) in [5, 5.41) is 26.1. The molecular weight excluding hydrogens is 725 g/mol. The van der Waals surface area contributed by atoms with Gasteiger partial charge >= 0.3 is 40.0 Å². The second kappa shape index (κ2) is 15.6. The Labute approximate surface area is 300 Å². The van der Waals surface area contributed by atoms with E-state index in [1.165, 1.54) is 37.4 Å². The summed E-state index contributed by atoms with van der Waals surface area (Å²) in [5.74, 6) is -4.24. The van der Waals surface area contributed by atoms with Crippen LogP contribution in [0.15, 0.2) is 91.9 Å². The minimum Gasteiger partial charge on any atom is -0.543 e. The first-order valence-corrected chi connectivity index (χ1v) is 17.4. The third-order valence-corrected chi connectivity index (χ3v) is 9.29. The van der Waals surface area contributed by atoms with E-state index in [0.717, 1.165) is 36.4 Å². The van der Waals surface area contributed by atoms with Crippen LogP contribution in [0.3, 0.4) is 0 Å². The summed E-state index contributed by atoms with van der Waals surface area (Å²) in [7, 11) is -12.2. The maximum absolute atomic E-state index is 12.9. The van der Waals surface area contributed by atoms with Gasteiger partial charge in [0.05, 0.1) is 52.3 Å². The number of aliphatic carboxylic acids is 1. The molecule has 0 aromatic heterocycles. The van der Waals surface area contributed by atoms with E-state index in [2.05, 4.69) is 24.8 Å². The molecule has 3 N–H and O–H groups in total. The fourth-order valence-electron chi connectivity index (χ4n) is 3.99. The van der Waals surface area contributed by atoms with Crippen molar-refractivity contribution in [2.75, 3.05) is 29.8 Å². The SMILES string of the molecule is COc1ccc(S(=O)(=O)CCOS(=O)(=O)O)cc1NC(=O)c1ccc(N=NC2C(=O)N(c3ccc(S(=O)(=O)O)cc3)N=C2C(=O)[O-])cc1.[Na+]. The first kappa shape index (κ1) is 39.3. The molecule has 254 valence electrons. The predicted molar refractivity (Wildman–Crippen MR) is 161 cm³/mol. The molecule has 2 amide bonds. The Morgan fingerprint density at radius 2 is 1.57 bits per heavy atom. The van der Waals surface area contributed by atoms with Gasteiger partial charge in [0.2, 0.25) is 0 Å². The van der Waals surface area contributed by atoms with Gasteiger partial charge in [-0.05, 0) is 66.7 Å². The number of benzene rings is 3. The van der Waals surface area contributed by atoms with E-state index in [1.807, 2.05) is 0 Å². The number of carbonyl (C=O) groups excluding carboxylic acids is 3. The molecule has 0 radical (unpaired) electrons. The Hall–Kier alpha value is -4.13. The molecule has 23 heteroatoms. The first-order chi connectivity index (χ1) is 22.4. The fourth-order valence-corrected chi connectivity index (χ4v) is 5.98. The molecule has 4 rings (SSSR count). The van der Waals surface area contributed by atoms with Crippen molar-refractivity contribution < 1.29 is 92.3 Å². The summed E-state index contributed by atoms with van der Waals surface area (Å²) in [4.78, 5) is 36.7. The monoisotopic (exact) mass is 747 g/mol. The molecule has 0 bridgehead atoms. The first-order valence-electron chi connectivity index (χ1n) is 13.0. The van der Waals surface area contributed by atoms with Crippen LogP contribution >= 0.6 is 0 Å². The molecule has 0 aliphatic carbocycles. The molecule has 1 heterocycles. The van der Waals surface area contributed by atoms with Crippen molar-refractivity contribution in [3.8, 4) is 5.75 Å². The number of sulfone groups is 1. The number of hydrogen-bond acceptors (Lipinski definition) is 15. The number of anilines is 2. The Balaban J connectivity index is 0.00000650.